The standard InChI is InChI=1S/C67H125NO10P2.C20H37NO9P2S/c1-4-5-6-7-8-9-10-11-12-13-14-15-16-17-18-19-20-21-22-23-24-25-26-27-28-29-30-31-32-33-34-35-36-37-38-39-40-43-46-56-75-79(2,72)77-60-65-64(55-58-74-65)78-80(3,73)76-57-47-44-41-42-45-48-63(69)62-51-49-61(50-52-62)59-68-66(70)53-54-67(68)71;1-5-21-19(22)14-18(20(21)23)33-13-9-7-6-8-11-28-32(4,25)29-15-17-16(10-12-27-17)30-31(3,24)26-2/h53-54,61-62,64-65,72-73H,2-52,55-60H2,1H3;16-18,24-25H,3-15H2,1-2H3. The Labute approximate surface area is 691 Å². The number of likely N-dealkylation sites (tertiary alicyclic amines) is 1. The van der Waals surface area contributed by atoms with Gasteiger partial charge in [0.15, 0.2) is 0 Å². The summed E-state index contributed by atoms with van der Waals surface area (Å²) in [6.07, 6.45) is 83.7. The molecule has 0 aromatic rings. The van der Waals surface area contributed by atoms with Crippen LogP contribution in [0.15, 0.2) is 12.2 Å². The lowest BCUT2D eigenvalue weighted by Crippen LogP contribution is -2.36. The summed E-state index contributed by atoms with van der Waals surface area (Å²) in [7, 11) is -11.7. The SMILES string of the molecule is C=P(O)(OCCCCCCCCCCCCCCCCCCCCCCCCCCCCCCCCCCCCCCCCC)OCC1OCCC1OP(=C)(O)OCCCCCCCC(=O)C1CCC(CN2C(=O)C=CC2=O)CC1.C=P(O)(OCCCCCCSC1CC(=O)N(CC)C1=O)OCC1OCCC1OP(=C)(O)OC. The first-order valence-electron chi connectivity index (χ1n) is 45.3. The predicted octanol–water partition coefficient (Wildman–Crippen LogP) is 22.1. The van der Waals surface area contributed by atoms with Crippen molar-refractivity contribution < 1.29 is 89.2 Å². The highest BCUT2D eigenvalue weighted by atomic mass is 32.2. The fraction of sp³-hybridized carbons (Fsp3) is 0.874. The molecule has 1 saturated carbocycles. The highest BCUT2D eigenvalue weighted by Crippen LogP contribution is 2.49. The molecule has 4 aliphatic heterocycles. The average Bonchev–Trinajstić information content (AvgIpc) is 1.78. The molecule has 0 bridgehead atoms. The Bertz CT molecular complexity index is 2720. The molecule has 1 aliphatic carbocycles. The molecule has 4 N–H and O–H groups in total. The largest absolute Gasteiger partial charge is 0.373 e. The zero-order chi connectivity index (χ0) is 81.9. The fourth-order valence-electron chi connectivity index (χ4n) is 15.7. The van der Waals surface area contributed by atoms with Crippen molar-refractivity contribution in [2.75, 3.05) is 72.2 Å². The third kappa shape index (κ3) is 51.3. The van der Waals surface area contributed by atoms with E-state index >= 15 is 0 Å². The van der Waals surface area contributed by atoms with Crippen LogP contribution in [0.2, 0.25) is 0 Å². The van der Waals surface area contributed by atoms with Gasteiger partial charge < -0.3 is 65.2 Å². The molecule has 21 nitrogen and oxygen atoms in total. The Morgan fingerprint density at radius 3 is 1.12 bits per heavy atom. The van der Waals surface area contributed by atoms with Gasteiger partial charge in [0, 0.05) is 77.2 Å². The van der Waals surface area contributed by atoms with Gasteiger partial charge in [0.1, 0.15) is 18.0 Å². The third-order valence-corrected chi connectivity index (χ3v) is 28.7. The second kappa shape index (κ2) is 64.5. The number of nitrogens with zero attached hydrogens (tertiary/aromatic N) is 2. The highest BCUT2D eigenvalue weighted by molar-refractivity contribution is 8.00. The van der Waals surface area contributed by atoms with Crippen LogP contribution in [-0.2, 0) is 69.6 Å². The number of rotatable bonds is 74. The van der Waals surface area contributed by atoms with E-state index in [0.717, 1.165) is 102 Å². The van der Waals surface area contributed by atoms with Crippen LogP contribution >= 0.6 is 42.0 Å². The maximum atomic E-state index is 12.8. The van der Waals surface area contributed by atoms with Crippen molar-refractivity contribution >= 4 is 96.6 Å². The summed E-state index contributed by atoms with van der Waals surface area (Å²) in [6, 6.07) is 0. The van der Waals surface area contributed by atoms with E-state index in [2.05, 4.69) is 32.1 Å². The first-order valence-corrected chi connectivity index (χ1v) is 53.4. The molecule has 5 rings (SSSR count). The molecule has 5 aliphatic rings. The normalized spacial score (nSPS) is 22.1. The van der Waals surface area contributed by atoms with Gasteiger partial charge >= 0.3 is 0 Å². The van der Waals surface area contributed by atoms with E-state index in [9.17, 15) is 43.5 Å². The Hall–Kier alpha value is -1.32. The molecule has 4 fully saturated rings. The molecule has 0 aromatic heterocycles. The molecular weight excluding hydrogens is 1530 g/mol. The van der Waals surface area contributed by atoms with Crippen molar-refractivity contribution in [3.05, 3.63) is 12.2 Å². The quantitative estimate of drug-likeness (QED) is 0.0250. The number of ketones is 1. The molecular formula is C87H162N2O19P4S. The maximum absolute atomic E-state index is 12.8. The molecule has 0 radical (unpaired) electrons. The molecule has 4 heterocycles. The summed E-state index contributed by atoms with van der Waals surface area (Å²) < 4.78 is 55.6. The summed E-state index contributed by atoms with van der Waals surface area (Å²) in [5.41, 5.74) is 0. The van der Waals surface area contributed by atoms with Crippen molar-refractivity contribution in [1.29, 1.82) is 0 Å². The predicted molar refractivity (Wildman–Crippen MR) is 472 cm³/mol. The van der Waals surface area contributed by atoms with E-state index in [0.29, 0.717) is 77.6 Å². The Balaban J connectivity index is 0.000000675. The van der Waals surface area contributed by atoms with Crippen molar-refractivity contribution in [3.63, 3.8) is 0 Å². The van der Waals surface area contributed by atoms with E-state index < -0.39 is 54.7 Å². The van der Waals surface area contributed by atoms with E-state index in [1.54, 1.807) is 11.8 Å². The summed E-state index contributed by atoms with van der Waals surface area (Å²) in [5.74, 6) is 0.916. The number of unbranched alkanes of at least 4 members (excludes halogenated alkanes) is 45. The lowest BCUT2D eigenvalue weighted by atomic mass is 9.79. The average molecular weight is 1700 g/mol. The van der Waals surface area contributed by atoms with Crippen molar-refractivity contribution in [3.8, 4) is 0 Å². The number of imide groups is 2. The number of hydrogen-bond acceptors (Lipinski definition) is 20. The number of thioether (sulfide) groups is 1. The molecule has 4 amide bonds. The van der Waals surface area contributed by atoms with Gasteiger partial charge in [-0.05, 0) is 102 Å². The van der Waals surface area contributed by atoms with E-state index in [1.807, 2.05) is 6.92 Å². The lowest BCUT2D eigenvalue weighted by molar-refractivity contribution is -0.139. The van der Waals surface area contributed by atoms with Crippen LogP contribution in [0.5, 0.6) is 0 Å². The summed E-state index contributed by atoms with van der Waals surface area (Å²) >= 11 is 1.55. The summed E-state index contributed by atoms with van der Waals surface area (Å²) in [6.45, 7) is 7.02. The lowest BCUT2D eigenvalue weighted by Gasteiger charge is -2.30. The first kappa shape index (κ1) is 104. The van der Waals surface area contributed by atoms with Crippen molar-refractivity contribution in [2.45, 2.75) is 403 Å². The van der Waals surface area contributed by atoms with Gasteiger partial charge in [0.25, 0.3) is 11.8 Å². The molecule has 3 saturated heterocycles. The molecule has 26 heteroatoms. The van der Waals surface area contributed by atoms with Gasteiger partial charge in [0.2, 0.25) is 42.1 Å². The van der Waals surface area contributed by atoms with Gasteiger partial charge in [0.05, 0.1) is 50.5 Å². The Morgan fingerprint density at radius 2 is 0.770 bits per heavy atom. The van der Waals surface area contributed by atoms with Crippen LogP contribution in [-0.4, -0.2) is 186 Å². The molecule has 660 valence electrons. The second-order valence-corrected chi connectivity index (χ2v) is 41.2. The van der Waals surface area contributed by atoms with Crippen LogP contribution in [0.1, 0.15) is 373 Å². The number of carbonyl (C=O) groups excluding carboxylic acids is 5. The Kier molecular flexibility index (Phi) is 59.4. The van der Waals surface area contributed by atoms with Gasteiger partial charge in [-0.2, -0.15) is 0 Å². The van der Waals surface area contributed by atoms with Gasteiger partial charge in [-0.25, -0.2) is 0 Å². The molecule has 9 unspecified atom stereocenters. The molecule has 0 aromatic carbocycles. The van der Waals surface area contributed by atoms with Gasteiger partial charge in [-0.1, -0.05) is 283 Å². The molecule has 0 spiro atoms. The number of ether oxygens (including phenoxy) is 2. The fourth-order valence-corrected chi connectivity index (χ4v) is 20.5. The van der Waals surface area contributed by atoms with E-state index in [-0.39, 0.29) is 53.9 Å². The number of carbonyl (C=O) groups is 5. The Morgan fingerprint density at radius 1 is 0.434 bits per heavy atom. The minimum absolute atomic E-state index is 0.0250. The summed E-state index contributed by atoms with van der Waals surface area (Å²) in [5, 5.41) is -0.239. The van der Waals surface area contributed by atoms with Crippen LogP contribution < -0.4 is 0 Å². The molecule has 9 atom stereocenters. The van der Waals surface area contributed by atoms with Crippen LogP contribution in [0, 0.1) is 11.8 Å². The number of hydrogen-bond donors (Lipinski definition) is 4. The van der Waals surface area contributed by atoms with E-state index in [4.69, 9.17) is 45.7 Å². The topological polar surface area (TPSA) is 265 Å². The zero-order valence-electron chi connectivity index (χ0n) is 71.2. The van der Waals surface area contributed by atoms with E-state index in [1.165, 1.54) is 267 Å². The van der Waals surface area contributed by atoms with Gasteiger partial charge in [-0.3, -0.25) is 33.8 Å². The second-order valence-electron chi connectivity index (χ2n) is 32.7. The first-order chi connectivity index (χ1) is 54.6. The highest BCUT2D eigenvalue weighted by Gasteiger charge is 2.39. The molecule has 113 heavy (non-hydrogen) atoms. The zero-order valence-corrected chi connectivity index (χ0v) is 75.6. The van der Waals surface area contributed by atoms with Crippen molar-refractivity contribution in [1.82, 2.24) is 9.80 Å². The third-order valence-electron chi connectivity index (χ3n) is 22.8. The van der Waals surface area contributed by atoms with Crippen LogP contribution in [0.4, 0.5) is 0 Å². The van der Waals surface area contributed by atoms with Crippen LogP contribution in [0.3, 0.4) is 0 Å². The number of amides is 4. The monoisotopic (exact) mass is 1700 g/mol. The van der Waals surface area contributed by atoms with Crippen molar-refractivity contribution in [2.24, 2.45) is 11.8 Å². The minimum Gasteiger partial charge on any atom is -0.373 e. The smallest absolute Gasteiger partial charge is 0.253 e. The number of Topliss-reactive ketones (excluding diaryl/α,β-unsaturated/α-hetero) is 1. The summed E-state index contributed by atoms with van der Waals surface area (Å²) in [4.78, 5) is 105. The van der Waals surface area contributed by atoms with Crippen LogP contribution in [0.25, 0.3) is 0 Å². The minimum atomic E-state index is -3.33. The van der Waals surface area contributed by atoms with Gasteiger partial charge in [-0.15, -0.1) is 11.8 Å². The maximum Gasteiger partial charge on any atom is 0.253 e.